The number of carbonyl (C=O) groups is 2. The van der Waals surface area contributed by atoms with Crippen molar-refractivity contribution in [2.45, 2.75) is 6.42 Å². The Balaban J connectivity index is 2.00. The Kier molecular flexibility index (Phi) is 4.63. The number of hydrogen-bond acceptors (Lipinski definition) is 4. The molecule has 0 N–H and O–H groups in total. The van der Waals surface area contributed by atoms with Gasteiger partial charge in [0, 0.05) is 35.4 Å². The number of halogens is 1. The standard InChI is InChI=1S/C18H13ClN2O4/c19-17-13(11-22)9-10-20(16-4-2-1-3-15(16)17)18(23)12-5-7-14(8-6-12)21(24)25/h1-8,11H,9-10H2. The first kappa shape index (κ1) is 16.9. The first-order chi connectivity index (χ1) is 12.0. The highest BCUT2D eigenvalue weighted by molar-refractivity contribution is 6.51. The summed E-state index contributed by atoms with van der Waals surface area (Å²) in [7, 11) is 0. The van der Waals surface area contributed by atoms with E-state index < -0.39 is 4.92 Å². The van der Waals surface area contributed by atoms with Gasteiger partial charge < -0.3 is 4.90 Å². The maximum atomic E-state index is 12.9. The predicted octanol–water partition coefficient (Wildman–Crippen LogP) is 3.79. The molecule has 7 heteroatoms. The summed E-state index contributed by atoms with van der Waals surface area (Å²) >= 11 is 6.32. The quantitative estimate of drug-likeness (QED) is 0.476. The van der Waals surface area contributed by atoms with Crippen LogP contribution in [0.2, 0.25) is 0 Å². The molecule has 0 saturated carbocycles. The second-order valence-electron chi connectivity index (χ2n) is 5.48. The minimum Gasteiger partial charge on any atom is -0.307 e. The van der Waals surface area contributed by atoms with Gasteiger partial charge in [0.1, 0.15) is 6.29 Å². The summed E-state index contributed by atoms with van der Waals surface area (Å²) in [4.78, 5) is 35.9. The van der Waals surface area contributed by atoms with Crippen LogP contribution in [-0.2, 0) is 4.79 Å². The third-order valence-corrected chi connectivity index (χ3v) is 4.48. The molecule has 0 spiro atoms. The monoisotopic (exact) mass is 356 g/mol. The van der Waals surface area contributed by atoms with Crippen LogP contribution in [0.3, 0.4) is 0 Å². The van der Waals surface area contributed by atoms with Crippen LogP contribution >= 0.6 is 11.6 Å². The van der Waals surface area contributed by atoms with Gasteiger partial charge in [-0.1, -0.05) is 29.8 Å². The minimum absolute atomic E-state index is 0.0826. The molecule has 0 saturated heterocycles. The van der Waals surface area contributed by atoms with Crippen LogP contribution < -0.4 is 4.90 Å². The van der Waals surface area contributed by atoms with Crippen molar-refractivity contribution in [3.05, 3.63) is 75.3 Å². The predicted molar refractivity (Wildman–Crippen MR) is 94.7 cm³/mol. The van der Waals surface area contributed by atoms with Crippen molar-refractivity contribution in [2.75, 3.05) is 11.4 Å². The molecule has 0 bridgehead atoms. The molecule has 2 aromatic carbocycles. The van der Waals surface area contributed by atoms with Gasteiger partial charge in [0.2, 0.25) is 0 Å². The molecule has 1 aliphatic heterocycles. The molecule has 0 aromatic heterocycles. The van der Waals surface area contributed by atoms with Gasteiger partial charge in [-0.05, 0) is 24.6 Å². The van der Waals surface area contributed by atoms with Gasteiger partial charge in [-0.15, -0.1) is 0 Å². The summed E-state index contributed by atoms with van der Waals surface area (Å²) in [5, 5.41) is 11.1. The van der Waals surface area contributed by atoms with E-state index in [1.54, 1.807) is 24.3 Å². The number of aldehydes is 1. The van der Waals surface area contributed by atoms with E-state index in [9.17, 15) is 19.7 Å². The summed E-state index contributed by atoms with van der Waals surface area (Å²) in [6.07, 6.45) is 1.04. The van der Waals surface area contributed by atoms with Crippen molar-refractivity contribution in [3.8, 4) is 0 Å². The van der Waals surface area contributed by atoms with Crippen LogP contribution in [0, 0.1) is 10.1 Å². The van der Waals surface area contributed by atoms with Gasteiger partial charge in [-0.3, -0.25) is 19.7 Å². The molecular formula is C18H13ClN2O4. The van der Waals surface area contributed by atoms with Gasteiger partial charge in [0.05, 0.1) is 15.6 Å². The summed E-state index contributed by atoms with van der Waals surface area (Å²) in [6, 6.07) is 12.5. The highest BCUT2D eigenvalue weighted by atomic mass is 35.5. The lowest BCUT2D eigenvalue weighted by Gasteiger charge is -2.23. The number of fused-ring (bicyclic) bond motifs is 1. The Hall–Kier alpha value is -2.99. The van der Waals surface area contributed by atoms with E-state index >= 15 is 0 Å². The normalized spacial score (nSPS) is 13.9. The van der Waals surface area contributed by atoms with E-state index in [-0.39, 0.29) is 18.1 Å². The Morgan fingerprint density at radius 1 is 1.16 bits per heavy atom. The van der Waals surface area contributed by atoms with Gasteiger partial charge in [0.15, 0.2) is 0 Å². The molecule has 0 radical (unpaired) electrons. The zero-order valence-electron chi connectivity index (χ0n) is 13.0. The average molecular weight is 357 g/mol. The number of amides is 1. The summed E-state index contributed by atoms with van der Waals surface area (Å²) in [5.74, 6) is -0.307. The van der Waals surface area contributed by atoms with Crippen LogP contribution in [0.5, 0.6) is 0 Å². The Bertz CT molecular complexity index is 890. The van der Waals surface area contributed by atoms with E-state index in [0.29, 0.717) is 40.1 Å². The summed E-state index contributed by atoms with van der Waals surface area (Å²) in [5.41, 5.74) is 1.90. The third kappa shape index (κ3) is 3.16. The lowest BCUT2D eigenvalue weighted by molar-refractivity contribution is -0.384. The lowest BCUT2D eigenvalue weighted by Crippen LogP contribution is -2.32. The van der Waals surface area contributed by atoms with Crippen LogP contribution in [0.25, 0.3) is 5.03 Å². The molecule has 0 fully saturated rings. The Labute approximate surface area is 148 Å². The topological polar surface area (TPSA) is 80.5 Å². The number of nitro groups is 1. The van der Waals surface area contributed by atoms with Crippen LogP contribution in [0.1, 0.15) is 22.3 Å². The fraction of sp³-hybridized carbons (Fsp3) is 0.111. The zero-order chi connectivity index (χ0) is 18.0. The molecule has 2 aromatic rings. The van der Waals surface area contributed by atoms with Crippen molar-refractivity contribution in [3.63, 3.8) is 0 Å². The number of para-hydroxylation sites is 1. The molecule has 0 unspecified atom stereocenters. The number of hydrogen-bond donors (Lipinski definition) is 0. The summed E-state index contributed by atoms with van der Waals surface area (Å²) < 4.78 is 0. The fourth-order valence-corrected chi connectivity index (χ4v) is 3.03. The molecule has 0 atom stereocenters. The molecule has 6 nitrogen and oxygen atoms in total. The first-order valence-electron chi connectivity index (χ1n) is 7.52. The van der Waals surface area contributed by atoms with E-state index in [0.717, 1.165) is 0 Å². The average Bonchev–Trinajstić information content (AvgIpc) is 2.78. The van der Waals surface area contributed by atoms with Gasteiger partial charge >= 0.3 is 0 Å². The molecule has 3 rings (SSSR count). The molecule has 1 heterocycles. The van der Waals surface area contributed by atoms with Crippen LogP contribution in [-0.4, -0.2) is 23.7 Å². The number of anilines is 1. The smallest absolute Gasteiger partial charge is 0.269 e. The van der Waals surface area contributed by atoms with Gasteiger partial charge in [-0.25, -0.2) is 0 Å². The fourth-order valence-electron chi connectivity index (χ4n) is 2.73. The molecule has 1 amide bonds. The summed E-state index contributed by atoms with van der Waals surface area (Å²) in [6.45, 7) is 0.289. The van der Waals surface area contributed by atoms with E-state index in [1.165, 1.54) is 29.2 Å². The molecule has 25 heavy (non-hydrogen) atoms. The minimum atomic E-state index is -0.518. The van der Waals surface area contributed by atoms with Crippen molar-refractivity contribution in [1.82, 2.24) is 0 Å². The van der Waals surface area contributed by atoms with Crippen LogP contribution in [0.4, 0.5) is 11.4 Å². The van der Waals surface area contributed by atoms with E-state index in [4.69, 9.17) is 11.6 Å². The number of benzene rings is 2. The van der Waals surface area contributed by atoms with Gasteiger partial charge in [-0.2, -0.15) is 0 Å². The SMILES string of the molecule is O=CC1=C(Cl)c2ccccc2N(C(=O)c2ccc([N+](=O)[O-])cc2)CC1. The lowest BCUT2D eigenvalue weighted by atomic mass is 10.1. The highest BCUT2D eigenvalue weighted by Gasteiger charge is 2.25. The number of nitrogens with zero attached hydrogens (tertiary/aromatic N) is 2. The molecular weight excluding hydrogens is 344 g/mol. The first-order valence-corrected chi connectivity index (χ1v) is 7.90. The van der Waals surface area contributed by atoms with Crippen molar-refractivity contribution in [1.29, 1.82) is 0 Å². The number of rotatable bonds is 3. The largest absolute Gasteiger partial charge is 0.307 e. The second kappa shape index (κ2) is 6.86. The van der Waals surface area contributed by atoms with Crippen molar-refractivity contribution < 1.29 is 14.5 Å². The highest BCUT2D eigenvalue weighted by Crippen LogP contribution is 2.36. The Morgan fingerprint density at radius 3 is 2.48 bits per heavy atom. The van der Waals surface area contributed by atoms with E-state index in [2.05, 4.69) is 0 Å². The maximum absolute atomic E-state index is 12.9. The van der Waals surface area contributed by atoms with E-state index in [1.807, 2.05) is 0 Å². The molecule has 0 aliphatic carbocycles. The number of nitro benzene ring substituents is 1. The van der Waals surface area contributed by atoms with Crippen LogP contribution in [0.15, 0.2) is 54.1 Å². The molecule has 1 aliphatic rings. The van der Waals surface area contributed by atoms with Gasteiger partial charge in [0.25, 0.3) is 11.6 Å². The van der Waals surface area contributed by atoms with Crippen molar-refractivity contribution in [2.24, 2.45) is 0 Å². The molecule has 126 valence electrons. The second-order valence-corrected chi connectivity index (χ2v) is 5.86. The van der Waals surface area contributed by atoms with Crippen molar-refractivity contribution >= 4 is 40.2 Å². The third-order valence-electron chi connectivity index (χ3n) is 4.03. The zero-order valence-corrected chi connectivity index (χ0v) is 13.8. The Morgan fingerprint density at radius 2 is 1.84 bits per heavy atom. The number of carbonyl (C=O) groups excluding carboxylic acids is 2. The number of non-ortho nitro benzene ring substituents is 1. The maximum Gasteiger partial charge on any atom is 0.269 e.